The van der Waals surface area contributed by atoms with Crippen LogP contribution >= 0.6 is 22.9 Å². The predicted octanol–water partition coefficient (Wildman–Crippen LogP) is 7.27. The highest BCUT2D eigenvalue weighted by atomic mass is 35.5. The van der Waals surface area contributed by atoms with Crippen LogP contribution in [0.2, 0.25) is 5.02 Å². The summed E-state index contributed by atoms with van der Waals surface area (Å²) in [6.45, 7) is 2.15. The van der Waals surface area contributed by atoms with Gasteiger partial charge in [-0.05, 0) is 55.7 Å². The Hall–Kier alpha value is -3.69. The zero-order chi connectivity index (χ0) is 27.6. The molecular weight excluding hydrogens is 544 g/mol. The summed E-state index contributed by atoms with van der Waals surface area (Å²) in [7, 11) is 1.61. The van der Waals surface area contributed by atoms with E-state index in [0.717, 1.165) is 46.9 Å². The number of rotatable bonds is 6. The second-order valence-corrected chi connectivity index (χ2v) is 11.6. The molecule has 0 spiro atoms. The number of hydrogen-bond donors (Lipinski definition) is 2. The van der Waals surface area contributed by atoms with Crippen LogP contribution in [0.3, 0.4) is 0 Å². The molecule has 2 amide bonds. The summed E-state index contributed by atoms with van der Waals surface area (Å²) in [6.07, 6.45) is 5.88. The highest BCUT2D eigenvalue weighted by molar-refractivity contribution is 7.15. The van der Waals surface area contributed by atoms with Crippen LogP contribution in [0.15, 0.2) is 59.6 Å². The molecule has 1 saturated carbocycles. The number of amides is 2. The molecule has 2 aromatic heterocycles. The number of carbonyl (C=O) groups excluding carboxylic acids is 1. The number of methoxy groups -OCH3 is 1. The van der Waals surface area contributed by atoms with Crippen molar-refractivity contribution in [2.45, 2.75) is 57.5 Å². The van der Waals surface area contributed by atoms with Crippen molar-refractivity contribution in [3.63, 3.8) is 0 Å². The van der Waals surface area contributed by atoms with E-state index in [1.807, 2.05) is 24.3 Å². The van der Waals surface area contributed by atoms with Gasteiger partial charge < -0.3 is 15.4 Å². The smallest absolute Gasteiger partial charge is 0.321 e. The van der Waals surface area contributed by atoms with Gasteiger partial charge in [0.2, 0.25) is 0 Å². The van der Waals surface area contributed by atoms with Gasteiger partial charge in [0.15, 0.2) is 12.0 Å². The summed E-state index contributed by atoms with van der Waals surface area (Å²) >= 11 is 8.44. The molecule has 10 heteroatoms. The third-order valence-corrected chi connectivity index (χ3v) is 9.10. The normalized spacial score (nSPS) is 16.9. The lowest BCUT2D eigenvalue weighted by Crippen LogP contribution is -2.33. The van der Waals surface area contributed by atoms with Gasteiger partial charge in [-0.2, -0.15) is 0 Å². The lowest BCUT2D eigenvalue weighted by atomic mass is 9.88. The van der Waals surface area contributed by atoms with Crippen molar-refractivity contribution < 1.29 is 9.53 Å². The van der Waals surface area contributed by atoms with Crippen LogP contribution in [0.1, 0.15) is 78.8 Å². The third-order valence-electron chi connectivity index (χ3n) is 7.50. The number of urea groups is 1. The number of ether oxygens (including phenoxy) is 1. The second kappa shape index (κ2) is 11.4. The topological polar surface area (TPSA) is 93.4 Å². The number of aryl methyl sites for hydroxylation is 1. The number of aromatic nitrogens is 3. The summed E-state index contributed by atoms with van der Waals surface area (Å²) in [5, 5.41) is 17.0. The number of hydrogen-bond acceptors (Lipinski definition) is 6. The minimum Gasteiger partial charge on any atom is -0.497 e. The Bertz CT molecular complexity index is 1550. The van der Waals surface area contributed by atoms with Crippen LogP contribution in [0.4, 0.5) is 10.5 Å². The maximum Gasteiger partial charge on any atom is 0.321 e. The van der Waals surface area contributed by atoms with Crippen LogP contribution in [-0.2, 0) is 6.42 Å². The Kier molecular flexibility index (Phi) is 7.58. The molecule has 0 radical (unpaired) electrons. The van der Waals surface area contributed by atoms with Gasteiger partial charge in [-0.15, -0.1) is 21.5 Å². The van der Waals surface area contributed by atoms with Gasteiger partial charge in [-0.1, -0.05) is 56.0 Å². The first-order valence-electron chi connectivity index (χ1n) is 13.7. The van der Waals surface area contributed by atoms with Crippen molar-refractivity contribution in [2.24, 2.45) is 4.99 Å². The van der Waals surface area contributed by atoms with Crippen molar-refractivity contribution in [1.82, 2.24) is 20.1 Å². The number of nitrogens with zero attached hydrogens (tertiary/aromatic N) is 4. The zero-order valence-corrected chi connectivity index (χ0v) is 24.1. The van der Waals surface area contributed by atoms with Gasteiger partial charge >= 0.3 is 6.03 Å². The fourth-order valence-corrected chi connectivity index (χ4v) is 6.79. The van der Waals surface area contributed by atoms with E-state index in [-0.39, 0.29) is 0 Å². The number of fused-ring (bicyclic) bond motifs is 3. The number of anilines is 1. The SMILES string of the molecule is CCc1cc2c(s1)-n1c(C3CCCCC3)nnc1C(NC(=O)Nc1ccc(OC)cc1)N=C2c1ccccc1Cl. The fraction of sp³-hybridized carbons (Fsp3) is 0.333. The Labute approximate surface area is 242 Å². The molecule has 1 unspecified atom stereocenters. The molecule has 2 aliphatic rings. The number of aliphatic imine (C=N–C) groups is 1. The molecule has 4 aromatic rings. The van der Waals surface area contributed by atoms with Crippen molar-refractivity contribution in [3.8, 4) is 10.8 Å². The summed E-state index contributed by atoms with van der Waals surface area (Å²) in [5.41, 5.74) is 3.16. The minimum atomic E-state index is -0.779. The van der Waals surface area contributed by atoms with Crippen molar-refractivity contribution in [2.75, 3.05) is 12.4 Å². The van der Waals surface area contributed by atoms with Crippen LogP contribution < -0.4 is 15.4 Å². The molecule has 1 fully saturated rings. The summed E-state index contributed by atoms with van der Waals surface area (Å²) in [4.78, 5) is 19.7. The van der Waals surface area contributed by atoms with Gasteiger partial charge in [0.1, 0.15) is 16.6 Å². The number of halogens is 1. The van der Waals surface area contributed by atoms with E-state index in [9.17, 15) is 4.79 Å². The lowest BCUT2D eigenvalue weighted by molar-refractivity contribution is 0.248. The average Bonchev–Trinajstić information content (AvgIpc) is 3.59. The Morgan fingerprint density at radius 2 is 1.80 bits per heavy atom. The molecule has 0 bridgehead atoms. The first-order valence-corrected chi connectivity index (χ1v) is 14.9. The Morgan fingerprint density at radius 3 is 2.52 bits per heavy atom. The van der Waals surface area contributed by atoms with Gasteiger partial charge in [0.05, 0.1) is 12.8 Å². The van der Waals surface area contributed by atoms with Crippen molar-refractivity contribution >= 4 is 40.4 Å². The first kappa shape index (κ1) is 26.5. The second-order valence-electron chi connectivity index (χ2n) is 10.1. The average molecular weight is 575 g/mol. The molecule has 1 aliphatic carbocycles. The first-order chi connectivity index (χ1) is 19.6. The predicted molar refractivity (Wildman–Crippen MR) is 159 cm³/mol. The molecule has 40 heavy (non-hydrogen) atoms. The van der Waals surface area contributed by atoms with Gasteiger partial charge in [0, 0.05) is 32.6 Å². The molecule has 3 heterocycles. The summed E-state index contributed by atoms with van der Waals surface area (Å²) < 4.78 is 7.38. The van der Waals surface area contributed by atoms with E-state index in [0.29, 0.717) is 28.2 Å². The minimum absolute atomic E-state index is 0.311. The van der Waals surface area contributed by atoms with E-state index in [2.05, 4.69) is 33.3 Å². The molecular formula is C30H31ClN6O2S. The molecule has 1 aliphatic heterocycles. The quantitative estimate of drug-likeness (QED) is 0.253. The zero-order valence-electron chi connectivity index (χ0n) is 22.5. The molecule has 1 atom stereocenters. The fourth-order valence-electron chi connectivity index (χ4n) is 5.45. The Morgan fingerprint density at radius 1 is 1.05 bits per heavy atom. The van der Waals surface area contributed by atoms with E-state index in [1.165, 1.54) is 24.1 Å². The molecule has 2 aromatic carbocycles. The molecule has 0 saturated heterocycles. The highest BCUT2D eigenvalue weighted by Gasteiger charge is 2.34. The molecule has 6 rings (SSSR count). The molecule has 2 N–H and O–H groups in total. The Balaban J connectivity index is 1.46. The van der Waals surface area contributed by atoms with E-state index < -0.39 is 12.2 Å². The van der Waals surface area contributed by atoms with E-state index >= 15 is 0 Å². The number of benzene rings is 2. The van der Waals surface area contributed by atoms with Crippen LogP contribution in [0, 0.1) is 0 Å². The third kappa shape index (κ3) is 5.11. The maximum absolute atomic E-state index is 13.3. The number of carbonyl (C=O) groups is 1. The summed E-state index contributed by atoms with van der Waals surface area (Å²) in [6, 6.07) is 16.7. The van der Waals surface area contributed by atoms with Crippen LogP contribution in [0.25, 0.3) is 5.00 Å². The standard InChI is InChI=1S/C30H31ClN6O2S/c1-3-21-17-23-25(22-11-7-8-12-24(22)31)33-26(34-30(38)32-19-13-15-20(39-2)16-14-19)28-36-35-27(37(28)29(23)40-21)18-9-5-4-6-10-18/h7-8,11-18,26H,3-6,9-10H2,1-2H3,(H2,32,34,38). The summed E-state index contributed by atoms with van der Waals surface area (Å²) in [5.74, 6) is 2.56. The van der Waals surface area contributed by atoms with E-state index in [4.69, 9.17) is 26.4 Å². The van der Waals surface area contributed by atoms with Crippen molar-refractivity contribution in [1.29, 1.82) is 0 Å². The maximum atomic E-state index is 13.3. The molecule has 8 nitrogen and oxygen atoms in total. The largest absolute Gasteiger partial charge is 0.497 e. The van der Waals surface area contributed by atoms with Gasteiger partial charge in [-0.25, -0.2) is 4.79 Å². The number of nitrogens with one attached hydrogen (secondary N) is 2. The van der Waals surface area contributed by atoms with Crippen LogP contribution in [0.5, 0.6) is 5.75 Å². The van der Waals surface area contributed by atoms with Gasteiger partial charge in [-0.3, -0.25) is 9.56 Å². The number of thiophene rings is 1. The van der Waals surface area contributed by atoms with Gasteiger partial charge in [0.25, 0.3) is 0 Å². The van der Waals surface area contributed by atoms with E-state index in [1.54, 1.807) is 42.7 Å². The monoisotopic (exact) mass is 574 g/mol. The lowest BCUT2D eigenvalue weighted by Gasteiger charge is -2.22. The van der Waals surface area contributed by atoms with Crippen molar-refractivity contribution in [3.05, 3.63) is 87.3 Å². The molecule has 206 valence electrons. The van der Waals surface area contributed by atoms with Crippen LogP contribution in [-0.4, -0.2) is 33.6 Å². The highest BCUT2D eigenvalue weighted by Crippen LogP contribution is 2.40.